The molecule has 2 atom stereocenters. The van der Waals surface area contributed by atoms with Gasteiger partial charge in [0.25, 0.3) is 0 Å². The van der Waals surface area contributed by atoms with Crippen LogP contribution in [0.4, 0.5) is 0 Å². The molecule has 0 N–H and O–H groups in total. The summed E-state index contributed by atoms with van der Waals surface area (Å²) >= 11 is 0. The van der Waals surface area contributed by atoms with Crippen molar-refractivity contribution in [2.24, 2.45) is 17.8 Å². The first-order chi connectivity index (χ1) is 6.20. The zero-order valence-electron chi connectivity index (χ0n) is 9.16. The molecule has 1 fully saturated rings. The summed E-state index contributed by atoms with van der Waals surface area (Å²) in [4.78, 5) is 0. The lowest BCUT2D eigenvalue weighted by molar-refractivity contribution is 0.552. The van der Waals surface area contributed by atoms with Crippen LogP contribution in [0.15, 0.2) is 24.3 Å². The molecule has 0 aliphatic heterocycles. The predicted molar refractivity (Wildman–Crippen MR) is 59.6 cm³/mol. The Bertz CT molecular complexity index is 165. The molecule has 0 heterocycles. The number of fused-ring (bicyclic) bond motifs is 1. The Morgan fingerprint density at radius 1 is 0.923 bits per heavy atom. The van der Waals surface area contributed by atoms with Gasteiger partial charge in [0.05, 0.1) is 0 Å². The van der Waals surface area contributed by atoms with Gasteiger partial charge in [0.2, 0.25) is 0 Å². The van der Waals surface area contributed by atoms with Gasteiger partial charge in [-0.2, -0.15) is 0 Å². The Balaban J connectivity index is 0.000000184. The van der Waals surface area contributed by atoms with E-state index in [9.17, 15) is 0 Å². The molecule has 13 heavy (non-hydrogen) atoms. The number of allylic oxidation sites excluding steroid dienone is 4. The van der Waals surface area contributed by atoms with Crippen LogP contribution in [0.3, 0.4) is 0 Å². The normalized spacial score (nSPS) is 29.8. The van der Waals surface area contributed by atoms with Crippen LogP contribution >= 0.6 is 0 Å². The molecule has 0 spiro atoms. The van der Waals surface area contributed by atoms with Gasteiger partial charge in [-0.15, -0.1) is 0 Å². The molecule has 0 amide bonds. The van der Waals surface area contributed by atoms with Crippen LogP contribution in [0.1, 0.15) is 40.0 Å². The zero-order valence-corrected chi connectivity index (χ0v) is 9.16. The summed E-state index contributed by atoms with van der Waals surface area (Å²) in [5, 5.41) is 0. The van der Waals surface area contributed by atoms with Crippen LogP contribution in [-0.4, -0.2) is 0 Å². The van der Waals surface area contributed by atoms with Crippen LogP contribution < -0.4 is 0 Å². The summed E-state index contributed by atoms with van der Waals surface area (Å²) in [6, 6.07) is 0. The highest BCUT2D eigenvalue weighted by Crippen LogP contribution is 2.35. The minimum Gasteiger partial charge on any atom is -0.0808 e. The van der Waals surface area contributed by atoms with Gasteiger partial charge in [-0.25, -0.2) is 0 Å². The third-order valence-corrected chi connectivity index (χ3v) is 2.45. The van der Waals surface area contributed by atoms with Gasteiger partial charge in [0.15, 0.2) is 0 Å². The molecule has 0 nitrogen and oxygen atoms in total. The molecule has 74 valence electrons. The van der Waals surface area contributed by atoms with E-state index in [1.54, 1.807) is 0 Å². The van der Waals surface area contributed by atoms with E-state index in [4.69, 9.17) is 0 Å². The number of hydrogen-bond donors (Lipinski definition) is 0. The molecule has 0 bridgehead atoms. The number of rotatable bonds is 0. The minimum atomic E-state index is 0.833. The maximum atomic E-state index is 2.36. The molecule has 2 unspecified atom stereocenters. The summed E-state index contributed by atoms with van der Waals surface area (Å²) in [7, 11) is 0. The highest BCUT2D eigenvalue weighted by Gasteiger charge is 2.23. The summed E-state index contributed by atoms with van der Waals surface area (Å²) in [5.74, 6) is 2.63. The molecule has 1 saturated carbocycles. The monoisotopic (exact) mass is 178 g/mol. The second-order valence-electron chi connectivity index (χ2n) is 4.76. The van der Waals surface area contributed by atoms with E-state index in [-0.39, 0.29) is 0 Å². The molecule has 0 aromatic rings. The van der Waals surface area contributed by atoms with Crippen molar-refractivity contribution in [2.75, 3.05) is 0 Å². The molecular weight excluding hydrogens is 156 g/mol. The highest BCUT2D eigenvalue weighted by atomic mass is 14.3. The van der Waals surface area contributed by atoms with Gasteiger partial charge in [-0.3, -0.25) is 0 Å². The van der Waals surface area contributed by atoms with Crippen LogP contribution in [0, 0.1) is 17.8 Å². The van der Waals surface area contributed by atoms with Gasteiger partial charge in [0, 0.05) is 0 Å². The van der Waals surface area contributed by atoms with Gasteiger partial charge in [0.1, 0.15) is 0 Å². The molecule has 2 aliphatic carbocycles. The lowest BCUT2D eigenvalue weighted by Crippen LogP contribution is -2.03. The Morgan fingerprint density at radius 2 is 1.31 bits per heavy atom. The third-order valence-electron chi connectivity index (χ3n) is 2.45. The topological polar surface area (TPSA) is 0 Å². The smallest absolute Gasteiger partial charge is 0.0167 e. The summed E-state index contributed by atoms with van der Waals surface area (Å²) in [6.45, 7) is 6.50. The minimum absolute atomic E-state index is 0.833. The summed E-state index contributed by atoms with van der Waals surface area (Å²) in [5.41, 5.74) is 0. The standard InChI is InChI=1S/C9H12.C4H10/c1-2-5-9-7-3-6-8(9)4-1;1-4(2)3/h1-2,4-5,8-9H,3,6-7H2;4H,1-3H3. The van der Waals surface area contributed by atoms with E-state index in [1.807, 2.05) is 0 Å². The lowest BCUT2D eigenvalue weighted by atomic mass is 9.92. The van der Waals surface area contributed by atoms with Gasteiger partial charge >= 0.3 is 0 Å². The predicted octanol–water partition coefficient (Wildman–Crippen LogP) is 4.19. The second kappa shape index (κ2) is 5.26. The highest BCUT2D eigenvalue weighted by molar-refractivity contribution is 5.15. The zero-order chi connectivity index (χ0) is 9.68. The van der Waals surface area contributed by atoms with Crippen LogP contribution in [-0.2, 0) is 0 Å². The third kappa shape index (κ3) is 3.80. The Kier molecular flexibility index (Phi) is 4.27. The average Bonchev–Trinajstić information content (AvgIpc) is 2.49. The molecule has 2 rings (SSSR count). The molecule has 2 aliphatic rings. The summed E-state index contributed by atoms with van der Waals surface area (Å²) in [6.07, 6.45) is 13.4. The van der Waals surface area contributed by atoms with Gasteiger partial charge < -0.3 is 0 Å². The largest absolute Gasteiger partial charge is 0.0808 e. The molecule has 0 aromatic heterocycles. The Morgan fingerprint density at radius 3 is 1.69 bits per heavy atom. The fraction of sp³-hybridized carbons (Fsp3) is 0.692. The van der Waals surface area contributed by atoms with Crippen molar-refractivity contribution in [3.63, 3.8) is 0 Å². The lowest BCUT2D eigenvalue weighted by Gasteiger charge is -2.13. The maximum Gasteiger partial charge on any atom is -0.0167 e. The van der Waals surface area contributed by atoms with Crippen molar-refractivity contribution >= 4 is 0 Å². The first kappa shape index (κ1) is 10.6. The molecule has 0 heteroatoms. The Hall–Kier alpha value is -0.520. The maximum absolute atomic E-state index is 2.36. The van der Waals surface area contributed by atoms with E-state index >= 15 is 0 Å². The fourth-order valence-electron chi connectivity index (χ4n) is 1.91. The first-order valence-electron chi connectivity index (χ1n) is 5.55. The van der Waals surface area contributed by atoms with Crippen LogP contribution in [0.25, 0.3) is 0 Å². The molecule has 0 aromatic carbocycles. The van der Waals surface area contributed by atoms with Crippen LogP contribution in [0.5, 0.6) is 0 Å². The summed E-state index contributed by atoms with van der Waals surface area (Å²) < 4.78 is 0. The molecule has 0 radical (unpaired) electrons. The van der Waals surface area contributed by atoms with Crippen molar-refractivity contribution < 1.29 is 0 Å². The van der Waals surface area contributed by atoms with E-state index in [0.29, 0.717) is 0 Å². The van der Waals surface area contributed by atoms with Crippen molar-refractivity contribution in [2.45, 2.75) is 40.0 Å². The van der Waals surface area contributed by atoms with Gasteiger partial charge in [-0.05, 0) is 30.6 Å². The van der Waals surface area contributed by atoms with Crippen molar-refractivity contribution in [1.82, 2.24) is 0 Å². The molecule has 0 saturated heterocycles. The van der Waals surface area contributed by atoms with E-state index in [1.165, 1.54) is 19.3 Å². The first-order valence-corrected chi connectivity index (χ1v) is 5.55. The van der Waals surface area contributed by atoms with Crippen molar-refractivity contribution in [3.05, 3.63) is 24.3 Å². The van der Waals surface area contributed by atoms with E-state index in [2.05, 4.69) is 45.1 Å². The van der Waals surface area contributed by atoms with Gasteiger partial charge in [-0.1, -0.05) is 51.5 Å². The Labute approximate surface area is 82.7 Å². The fourth-order valence-corrected chi connectivity index (χ4v) is 1.91. The molecular formula is C13H22. The van der Waals surface area contributed by atoms with Crippen molar-refractivity contribution in [3.8, 4) is 0 Å². The average molecular weight is 178 g/mol. The quantitative estimate of drug-likeness (QED) is 0.521. The van der Waals surface area contributed by atoms with E-state index < -0.39 is 0 Å². The van der Waals surface area contributed by atoms with Crippen LogP contribution in [0.2, 0.25) is 0 Å². The van der Waals surface area contributed by atoms with E-state index in [0.717, 1.165) is 17.8 Å². The van der Waals surface area contributed by atoms with Crippen molar-refractivity contribution in [1.29, 1.82) is 0 Å². The second-order valence-corrected chi connectivity index (χ2v) is 4.76. The number of hydrogen-bond acceptors (Lipinski definition) is 0. The SMILES string of the molecule is C1=CC2CCCC2C=C1.CC(C)C.